The van der Waals surface area contributed by atoms with Gasteiger partial charge in [-0.15, -0.1) is 0 Å². The van der Waals surface area contributed by atoms with Gasteiger partial charge in [-0.3, -0.25) is 19.8 Å². The largest absolute Gasteiger partial charge is 0.433 e. The van der Waals surface area contributed by atoms with E-state index < -0.39 is 28.5 Å². The molecule has 1 saturated heterocycles. The molecule has 8 nitrogen and oxygen atoms in total. The number of aromatic amines is 1. The number of pyridine rings is 1. The monoisotopic (exact) mass is 405 g/mol. The fourth-order valence-corrected chi connectivity index (χ4v) is 2.99. The Morgan fingerprint density at radius 3 is 2.44 bits per heavy atom. The number of hydrogen-bond donors (Lipinski definition) is 0. The van der Waals surface area contributed by atoms with Crippen molar-refractivity contribution in [3.63, 3.8) is 0 Å². The molecule has 3 rings (SSSR count). The smallest absolute Gasteiger partial charge is 0.395 e. The van der Waals surface area contributed by atoms with Gasteiger partial charge < -0.3 is 9.32 Å². The number of rotatable bonds is 3. The van der Waals surface area contributed by atoms with Gasteiger partial charge in [0.25, 0.3) is 11.7 Å². The average Bonchev–Trinajstić information content (AvgIpc) is 3.11. The number of hydrogen-bond acceptors (Lipinski definition) is 5. The third-order valence-electron chi connectivity index (χ3n) is 4.07. The maximum absolute atomic E-state index is 12.7. The van der Waals surface area contributed by atoms with Crippen molar-refractivity contribution in [2.24, 2.45) is 0 Å². The summed E-state index contributed by atoms with van der Waals surface area (Å²) in [5, 5.41) is 10.5. The Bertz CT molecular complexity index is 878. The minimum Gasteiger partial charge on any atom is -0.395 e. The number of nitro groups is 1. The first-order valence-electron chi connectivity index (χ1n) is 7.73. The highest BCUT2D eigenvalue weighted by atomic mass is 35.5. The summed E-state index contributed by atoms with van der Waals surface area (Å²) in [5.41, 5.74) is -0.885. The quantitative estimate of drug-likeness (QED) is 0.578. The second-order valence-electron chi connectivity index (χ2n) is 5.76. The van der Waals surface area contributed by atoms with Gasteiger partial charge in [0.15, 0.2) is 5.76 Å². The number of nitrogens with zero attached hydrogens (tertiary/aromatic N) is 3. The van der Waals surface area contributed by atoms with Gasteiger partial charge in [-0.25, -0.2) is 4.98 Å². The van der Waals surface area contributed by atoms with Gasteiger partial charge in [0.05, 0.1) is 24.7 Å². The number of furan rings is 1. The van der Waals surface area contributed by atoms with Gasteiger partial charge in [-0.1, -0.05) is 11.6 Å². The lowest BCUT2D eigenvalue weighted by Crippen LogP contribution is -2.50. The molecule has 0 radical (unpaired) electrons. The second kappa shape index (κ2) is 7.06. The lowest BCUT2D eigenvalue weighted by molar-refractivity contribution is -0.402. The lowest BCUT2D eigenvalue weighted by Gasteiger charge is -2.30. The molecule has 1 aliphatic rings. The Kier molecular flexibility index (Phi) is 4.96. The topological polar surface area (TPSA) is 94.0 Å². The number of carbonyl (C=O) groups excluding carboxylic acids is 1. The third kappa shape index (κ3) is 3.97. The zero-order valence-electron chi connectivity index (χ0n) is 13.6. The Balaban J connectivity index is 1.66. The van der Waals surface area contributed by atoms with Gasteiger partial charge in [0.2, 0.25) is 0 Å². The summed E-state index contributed by atoms with van der Waals surface area (Å²) in [6.45, 7) is 1.13. The number of anilines is 1. The molecule has 3 heterocycles. The number of carbonyl (C=O) groups is 1. The molecule has 0 aliphatic carbocycles. The molecule has 0 spiro atoms. The van der Waals surface area contributed by atoms with Crippen LogP contribution in [0.3, 0.4) is 0 Å². The van der Waals surface area contributed by atoms with Crippen LogP contribution in [0.25, 0.3) is 0 Å². The molecular weight excluding hydrogens is 393 g/mol. The number of nitrogens with one attached hydrogen (secondary N) is 1. The molecule has 0 aromatic carbocycles. The van der Waals surface area contributed by atoms with E-state index in [2.05, 4.69) is 4.98 Å². The maximum Gasteiger partial charge on any atom is 0.433 e. The zero-order valence-corrected chi connectivity index (χ0v) is 14.4. The van der Waals surface area contributed by atoms with Gasteiger partial charge in [0, 0.05) is 0 Å². The first-order chi connectivity index (χ1) is 12.7. The van der Waals surface area contributed by atoms with Crippen molar-refractivity contribution in [2.45, 2.75) is 6.18 Å². The molecule has 27 heavy (non-hydrogen) atoms. The Labute approximate surface area is 155 Å². The van der Waals surface area contributed by atoms with Crippen molar-refractivity contribution in [3.05, 3.63) is 50.9 Å². The zero-order chi connectivity index (χ0) is 19.8. The summed E-state index contributed by atoms with van der Waals surface area (Å²) >= 11 is 5.96. The van der Waals surface area contributed by atoms with E-state index in [9.17, 15) is 28.1 Å². The van der Waals surface area contributed by atoms with Crippen molar-refractivity contribution in [2.75, 3.05) is 31.1 Å². The number of aromatic nitrogens is 1. The summed E-state index contributed by atoms with van der Waals surface area (Å²) in [4.78, 5) is 27.9. The number of H-pyrrole nitrogens is 1. The SMILES string of the molecule is O=C(c1ccc([N+](=O)[O-])o1)N1CCN(c2[nH+]cc(C(F)(F)F)cc2Cl)CC1. The molecule has 2 aromatic heterocycles. The molecule has 1 amide bonds. The summed E-state index contributed by atoms with van der Waals surface area (Å²) in [6, 6.07) is 3.17. The van der Waals surface area contributed by atoms with E-state index >= 15 is 0 Å². The predicted molar refractivity (Wildman–Crippen MR) is 86.5 cm³/mol. The molecule has 0 bridgehead atoms. The Hall–Kier alpha value is -2.82. The summed E-state index contributed by atoms with van der Waals surface area (Å²) in [6.07, 6.45) is -3.67. The fourth-order valence-electron chi connectivity index (χ4n) is 2.70. The number of halogens is 4. The van der Waals surface area contributed by atoms with Crippen LogP contribution < -0.4 is 9.88 Å². The van der Waals surface area contributed by atoms with Crippen molar-refractivity contribution >= 4 is 29.2 Å². The molecule has 0 unspecified atom stereocenters. The van der Waals surface area contributed by atoms with E-state index in [0.29, 0.717) is 18.9 Å². The van der Waals surface area contributed by atoms with Crippen LogP contribution in [0, 0.1) is 10.1 Å². The molecule has 144 valence electrons. The summed E-state index contributed by atoms with van der Waals surface area (Å²) < 4.78 is 43.0. The molecule has 1 aliphatic heterocycles. The standard InChI is InChI=1S/C15H12ClF3N4O4/c16-10-7-9(15(17,18)19)8-20-13(10)21-3-5-22(6-4-21)14(24)11-1-2-12(27-11)23(25)26/h1-2,7-8H,3-6H2/p+1. The maximum atomic E-state index is 12.7. The third-order valence-corrected chi connectivity index (χ3v) is 4.35. The highest BCUT2D eigenvalue weighted by molar-refractivity contribution is 6.32. The molecule has 0 atom stereocenters. The first-order valence-corrected chi connectivity index (χ1v) is 8.11. The van der Waals surface area contributed by atoms with E-state index in [-0.39, 0.29) is 23.9 Å². The summed E-state index contributed by atoms with van der Waals surface area (Å²) in [5.74, 6) is -0.840. The normalized spacial score (nSPS) is 15.1. The molecule has 0 saturated carbocycles. The van der Waals surface area contributed by atoms with Crippen LogP contribution in [0.1, 0.15) is 16.1 Å². The summed E-state index contributed by atoms with van der Waals surface area (Å²) in [7, 11) is 0. The first kappa shape index (κ1) is 19.0. The Morgan fingerprint density at radius 1 is 1.26 bits per heavy atom. The van der Waals surface area contributed by atoms with Gasteiger partial charge in [-0.05, 0) is 12.1 Å². The van der Waals surface area contributed by atoms with Crippen molar-refractivity contribution in [3.8, 4) is 0 Å². The van der Waals surface area contributed by atoms with E-state index in [0.717, 1.165) is 18.3 Å². The van der Waals surface area contributed by atoms with Crippen LogP contribution in [0.4, 0.5) is 24.9 Å². The van der Waals surface area contributed by atoms with Gasteiger partial charge in [0.1, 0.15) is 29.2 Å². The molecule has 2 aromatic rings. The van der Waals surface area contributed by atoms with Crippen LogP contribution in [0.2, 0.25) is 5.02 Å². The van der Waals surface area contributed by atoms with Gasteiger partial charge >= 0.3 is 12.1 Å². The van der Waals surface area contributed by atoms with E-state index in [1.54, 1.807) is 4.90 Å². The minimum atomic E-state index is -4.50. The molecule has 12 heteroatoms. The van der Waals surface area contributed by atoms with Crippen molar-refractivity contribution in [1.29, 1.82) is 0 Å². The van der Waals surface area contributed by atoms with Crippen LogP contribution in [0.15, 0.2) is 28.8 Å². The Morgan fingerprint density at radius 2 is 1.93 bits per heavy atom. The minimum absolute atomic E-state index is 0.0775. The van der Waals surface area contributed by atoms with Crippen LogP contribution in [-0.2, 0) is 6.18 Å². The second-order valence-corrected chi connectivity index (χ2v) is 6.16. The molecular formula is C15H13ClF3N4O4+. The number of alkyl halides is 3. The van der Waals surface area contributed by atoms with Crippen molar-refractivity contribution < 1.29 is 32.3 Å². The average molecular weight is 406 g/mol. The molecule has 1 N–H and O–H groups in total. The van der Waals surface area contributed by atoms with Crippen LogP contribution in [0.5, 0.6) is 0 Å². The van der Waals surface area contributed by atoms with Crippen molar-refractivity contribution in [1.82, 2.24) is 4.90 Å². The molecule has 1 fully saturated rings. The van der Waals surface area contributed by atoms with Gasteiger partial charge in [-0.2, -0.15) is 13.2 Å². The van der Waals surface area contributed by atoms with Crippen LogP contribution in [-0.4, -0.2) is 41.9 Å². The number of amides is 1. The van der Waals surface area contributed by atoms with E-state index in [1.807, 2.05) is 0 Å². The lowest BCUT2D eigenvalue weighted by atomic mass is 10.2. The number of piperazine rings is 1. The highest BCUT2D eigenvalue weighted by Gasteiger charge is 2.35. The van der Waals surface area contributed by atoms with E-state index in [1.165, 1.54) is 11.0 Å². The fraction of sp³-hybridized carbons (Fsp3) is 0.333. The predicted octanol–water partition coefficient (Wildman–Crippen LogP) is 2.64. The highest BCUT2D eigenvalue weighted by Crippen LogP contribution is 2.32. The van der Waals surface area contributed by atoms with Crippen LogP contribution >= 0.6 is 11.6 Å². The van der Waals surface area contributed by atoms with E-state index in [4.69, 9.17) is 16.0 Å².